The van der Waals surface area contributed by atoms with Gasteiger partial charge in [0, 0.05) is 13.1 Å². The summed E-state index contributed by atoms with van der Waals surface area (Å²) >= 11 is 0. The van der Waals surface area contributed by atoms with Crippen LogP contribution in [-0.2, 0) is 23.8 Å². The van der Waals surface area contributed by atoms with Crippen LogP contribution < -0.4 is 20.5 Å². The maximum Gasteiger partial charge on any atom is 0.416 e. The number of halogens is 3. The van der Waals surface area contributed by atoms with Crippen molar-refractivity contribution in [3.63, 3.8) is 0 Å². The number of rotatable bonds is 10. The van der Waals surface area contributed by atoms with Gasteiger partial charge in [0.15, 0.2) is 11.5 Å². The largest absolute Gasteiger partial charge is 0.493 e. The number of methoxy groups -OCH3 is 1. The Balaban J connectivity index is 1.80. The summed E-state index contributed by atoms with van der Waals surface area (Å²) < 4.78 is 48.9. The zero-order chi connectivity index (χ0) is 21.3. The lowest BCUT2D eigenvalue weighted by atomic mass is 10.1. The van der Waals surface area contributed by atoms with Gasteiger partial charge < -0.3 is 20.5 Å². The van der Waals surface area contributed by atoms with Crippen molar-refractivity contribution in [2.45, 2.75) is 25.4 Å². The molecule has 0 unspecified atom stereocenters. The van der Waals surface area contributed by atoms with Crippen molar-refractivity contribution in [1.82, 2.24) is 5.32 Å². The number of ether oxygens (including phenoxy) is 2. The van der Waals surface area contributed by atoms with Gasteiger partial charge in [-0.25, -0.2) is 0 Å². The van der Waals surface area contributed by atoms with Gasteiger partial charge >= 0.3 is 6.18 Å². The first kappa shape index (κ1) is 22.5. The van der Waals surface area contributed by atoms with Gasteiger partial charge in [0.05, 0.1) is 19.1 Å². The predicted molar refractivity (Wildman–Crippen MR) is 104 cm³/mol. The molecule has 0 aliphatic heterocycles. The molecule has 0 saturated carbocycles. The third-order valence-corrected chi connectivity index (χ3v) is 4.19. The highest BCUT2D eigenvalue weighted by Gasteiger charge is 2.30. The molecule has 158 valence electrons. The Morgan fingerprint density at radius 2 is 1.90 bits per heavy atom. The van der Waals surface area contributed by atoms with Gasteiger partial charge in [-0.2, -0.15) is 13.2 Å². The Kier molecular flexibility index (Phi) is 8.33. The average Bonchev–Trinajstić information content (AvgIpc) is 2.69. The quantitative estimate of drug-likeness (QED) is 0.590. The lowest BCUT2D eigenvalue weighted by Gasteiger charge is -2.12. The van der Waals surface area contributed by atoms with E-state index in [0.717, 1.165) is 17.7 Å². The molecule has 8 heteroatoms. The molecule has 2 aromatic rings. The van der Waals surface area contributed by atoms with Crippen molar-refractivity contribution in [3.05, 3.63) is 59.2 Å². The van der Waals surface area contributed by atoms with Crippen LogP contribution in [0.1, 0.15) is 23.1 Å². The SMILES string of the molecule is COc1cc(CC(=O)NCCCc2cccc(C(F)(F)F)c2)ccc1OCCN. The monoisotopic (exact) mass is 410 g/mol. The van der Waals surface area contributed by atoms with E-state index in [-0.39, 0.29) is 12.3 Å². The van der Waals surface area contributed by atoms with Crippen molar-refractivity contribution < 1.29 is 27.4 Å². The summed E-state index contributed by atoms with van der Waals surface area (Å²) in [7, 11) is 1.52. The van der Waals surface area contributed by atoms with Crippen LogP contribution >= 0.6 is 0 Å². The van der Waals surface area contributed by atoms with Crippen LogP contribution in [0.3, 0.4) is 0 Å². The second-order valence-electron chi connectivity index (χ2n) is 6.45. The zero-order valence-electron chi connectivity index (χ0n) is 16.2. The van der Waals surface area contributed by atoms with Crippen molar-refractivity contribution in [2.75, 3.05) is 26.8 Å². The number of benzene rings is 2. The van der Waals surface area contributed by atoms with Crippen LogP contribution in [0.25, 0.3) is 0 Å². The van der Waals surface area contributed by atoms with E-state index < -0.39 is 11.7 Å². The van der Waals surface area contributed by atoms with E-state index in [1.165, 1.54) is 13.2 Å². The minimum Gasteiger partial charge on any atom is -0.493 e. The highest BCUT2D eigenvalue weighted by Crippen LogP contribution is 2.30. The number of nitrogens with one attached hydrogen (secondary N) is 1. The zero-order valence-corrected chi connectivity index (χ0v) is 16.2. The van der Waals surface area contributed by atoms with Crippen LogP contribution in [0.2, 0.25) is 0 Å². The maximum absolute atomic E-state index is 12.7. The molecule has 0 fully saturated rings. The molecule has 0 bridgehead atoms. The van der Waals surface area contributed by atoms with Gasteiger partial charge in [-0.3, -0.25) is 4.79 Å². The first-order chi connectivity index (χ1) is 13.8. The van der Waals surface area contributed by atoms with Crippen LogP contribution in [0, 0.1) is 0 Å². The molecule has 0 radical (unpaired) electrons. The lowest BCUT2D eigenvalue weighted by Crippen LogP contribution is -2.26. The maximum atomic E-state index is 12.7. The summed E-state index contributed by atoms with van der Waals surface area (Å²) in [5.74, 6) is 0.906. The number of amides is 1. The van der Waals surface area contributed by atoms with Crippen molar-refractivity contribution in [1.29, 1.82) is 0 Å². The normalized spacial score (nSPS) is 11.2. The molecular formula is C21H25F3N2O3. The molecule has 0 aromatic heterocycles. The molecule has 0 heterocycles. The Labute approximate surface area is 168 Å². The minimum atomic E-state index is -4.35. The van der Waals surface area contributed by atoms with Gasteiger partial charge in [0.2, 0.25) is 5.91 Å². The topological polar surface area (TPSA) is 73.6 Å². The number of aryl methyl sites for hydroxylation is 1. The second-order valence-corrected chi connectivity index (χ2v) is 6.45. The summed E-state index contributed by atoms with van der Waals surface area (Å²) in [6.45, 7) is 1.12. The fraction of sp³-hybridized carbons (Fsp3) is 0.381. The lowest BCUT2D eigenvalue weighted by molar-refractivity contribution is -0.137. The van der Waals surface area contributed by atoms with Gasteiger partial charge in [0.1, 0.15) is 6.61 Å². The molecule has 0 aliphatic carbocycles. The molecule has 0 spiro atoms. The Bertz CT molecular complexity index is 810. The Hall–Kier alpha value is -2.74. The van der Waals surface area contributed by atoms with E-state index in [4.69, 9.17) is 15.2 Å². The van der Waals surface area contributed by atoms with E-state index in [1.54, 1.807) is 24.3 Å². The third kappa shape index (κ3) is 7.30. The van der Waals surface area contributed by atoms with Crippen LogP contribution in [-0.4, -0.2) is 32.7 Å². The summed E-state index contributed by atoms with van der Waals surface area (Å²) in [5, 5.41) is 2.78. The van der Waals surface area contributed by atoms with E-state index in [1.807, 2.05) is 0 Å². The van der Waals surface area contributed by atoms with Gasteiger partial charge in [-0.1, -0.05) is 24.3 Å². The summed E-state index contributed by atoms with van der Waals surface area (Å²) in [6.07, 6.45) is -3.19. The smallest absolute Gasteiger partial charge is 0.416 e. The van der Waals surface area contributed by atoms with E-state index in [9.17, 15) is 18.0 Å². The number of carbonyl (C=O) groups excluding carboxylic acids is 1. The minimum absolute atomic E-state index is 0.164. The summed E-state index contributed by atoms with van der Waals surface area (Å²) in [4.78, 5) is 12.1. The molecule has 3 N–H and O–H groups in total. The van der Waals surface area contributed by atoms with E-state index in [2.05, 4.69) is 5.32 Å². The average molecular weight is 410 g/mol. The predicted octanol–water partition coefficient (Wildman–Crippen LogP) is 3.34. The first-order valence-corrected chi connectivity index (χ1v) is 9.26. The molecule has 29 heavy (non-hydrogen) atoms. The molecule has 2 rings (SSSR count). The molecule has 0 aliphatic rings. The van der Waals surface area contributed by atoms with Crippen LogP contribution in [0.4, 0.5) is 13.2 Å². The molecule has 2 aromatic carbocycles. The number of hydrogen-bond acceptors (Lipinski definition) is 4. The van der Waals surface area contributed by atoms with E-state index in [0.29, 0.717) is 49.6 Å². The Morgan fingerprint density at radius 1 is 1.10 bits per heavy atom. The molecule has 5 nitrogen and oxygen atoms in total. The molecule has 1 amide bonds. The number of hydrogen-bond donors (Lipinski definition) is 2. The third-order valence-electron chi connectivity index (χ3n) is 4.19. The summed E-state index contributed by atoms with van der Waals surface area (Å²) in [5.41, 5.74) is 6.11. The molecule has 0 atom stereocenters. The number of alkyl halides is 3. The Morgan fingerprint density at radius 3 is 2.59 bits per heavy atom. The standard InChI is InChI=1S/C21H25F3N2O3/c1-28-19-13-16(7-8-18(19)29-11-9-25)14-20(27)26-10-3-5-15-4-2-6-17(12-15)21(22,23)24/h2,4,6-8,12-13H,3,5,9-11,14,25H2,1H3,(H,26,27). The van der Waals surface area contributed by atoms with E-state index >= 15 is 0 Å². The number of nitrogens with two attached hydrogens (primary N) is 1. The number of carbonyl (C=O) groups is 1. The van der Waals surface area contributed by atoms with Crippen molar-refractivity contribution in [2.24, 2.45) is 5.73 Å². The van der Waals surface area contributed by atoms with Gasteiger partial charge in [-0.05, 0) is 42.2 Å². The fourth-order valence-electron chi connectivity index (χ4n) is 2.78. The highest BCUT2D eigenvalue weighted by molar-refractivity contribution is 5.78. The fourth-order valence-corrected chi connectivity index (χ4v) is 2.78. The second kappa shape index (κ2) is 10.7. The molecular weight excluding hydrogens is 385 g/mol. The van der Waals surface area contributed by atoms with Gasteiger partial charge in [-0.15, -0.1) is 0 Å². The van der Waals surface area contributed by atoms with Crippen LogP contribution in [0.15, 0.2) is 42.5 Å². The summed E-state index contributed by atoms with van der Waals surface area (Å²) in [6, 6.07) is 10.5. The first-order valence-electron chi connectivity index (χ1n) is 9.26. The molecule has 0 saturated heterocycles. The van der Waals surface area contributed by atoms with Crippen LogP contribution in [0.5, 0.6) is 11.5 Å². The van der Waals surface area contributed by atoms with Crippen molar-refractivity contribution >= 4 is 5.91 Å². The van der Waals surface area contributed by atoms with Gasteiger partial charge in [0.25, 0.3) is 0 Å². The van der Waals surface area contributed by atoms with Crippen molar-refractivity contribution in [3.8, 4) is 11.5 Å². The highest BCUT2D eigenvalue weighted by atomic mass is 19.4.